The van der Waals surface area contributed by atoms with Crippen molar-refractivity contribution in [3.05, 3.63) is 82.2 Å². The standard InChI is InChI=1S/C30H30F4N4O6S/c1-16-24(31)26(33)28(27(34)25(16)32)45(43,44)38-12-11-22(38)30(41)37(20-9-10-21(23(39)13-20)29(40)36-42)15-19-8-7-18(14-35-19)17-5-3-2-4-6-17/h7-10,13-14,17,22,39,42H,2-6,11-12,15H2,1H3,(H,36,40)/t22-/m1/s1. The number of hydroxylamine groups is 1. The summed E-state index contributed by atoms with van der Waals surface area (Å²) < 4.78 is 85.1. The van der Waals surface area contributed by atoms with Gasteiger partial charge in [-0.2, -0.15) is 4.31 Å². The summed E-state index contributed by atoms with van der Waals surface area (Å²) in [7, 11) is -5.25. The van der Waals surface area contributed by atoms with Crippen molar-refractivity contribution in [3.63, 3.8) is 0 Å². The van der Waals surface area contributed by atoms with E-state index in [-0.39, 0.29) is 30.8 Å². The molecular formula is C30H30F4N4O6S. The Bertz CT molecular complexity index is 1720. The molecule has 2 heterocycles. The summed E-state index contributed by atoms with van der Waals surface area (Å²) in [5, 5.41) is 19.4. The molecule has 2 aliphatic rings. The summed E-state index contributed by atoms with van der Waals surface area (Å²) in [5.41, 5.74) is 1.43. The molecule has 2 aromatic carbocycles. The van der Waals surface area contributed by atoms with Crippen LogP contribution >= 0.6 is 0 Å². The van der Waals surface area contributed by atoms with Gasteiger partial charge in [0.25, 0.3) is 5.91 Å². The van der Waals surface area contributed by atoms with Gasteiger partial charge in [-0.05, 0) is 55.9 Å². The first kappa shape index (κ1) is 32.3. The maximum absolute atomic E-state index is 14.7. The third-order valence-electron chi connectivity index (χ3n) is 8.41. The maximum atomic E-state index is 14.7. The Labute approximate surface area is 256 Å². The second-order valence-electron chi connectivity index (χ2n) is 11.1. The smallest absolute Gasteiger partial charge is 0.278 e. The van der Waals surface area contributed by atoms with Crippen LogP contribution in [0.5, 0.6) is 5.75 Å². The molecule has 2 amide bonds. The van der Waals surface area contributed by atoms with Crippen molar-refractivity contribution in [2.45, 2.75) is 68.8 Å². The van der Waals surface area contributed by atoms with Gasteiger partial charge in [0.1, 0.15) is 11.8 Å². The Morgan fingerprint density at radius 3 is 2.20 bits per heavy atom. The molecule has 45 heavy (non-hydrogen) atoms. The van der Waals surface area contributed by atoms with E-state index >= 15 is 0 Å². The summed E-state index contributed by atoms with van der Waals surface area (Å²) >= 11 is 0. The molecule has 2 fully saturated rings. The zero-order valence-electron chi connectivity index (χ0n) is 24.1. The van der Waals surface area contributed by atoms with Gasteiger partial charge in [-0.25, -0.2) is 31.5 Å². The number of aromatic nitrogens is 1. The van der Waals surface area contributed by atoms with Gasteiger partial charge in [0.2, 0.25) is 15.9 Å². The minimum Gasteiger partial charge on any atom is -0.507 e. The normalized spacial score (nSPS) is 17.5. The summed E-state index contributed by atoms with van der Waals surface area (Å²) in [6, 6.07) is 5.48. The molecule has 1 aliphatic heterocycles. The number of nitrogens with one attached hydrogen (secondary N) is 1. The third-order valence-corrected chi connectivity index (χ3v) is 10.3. The number of benzene rings is 2. The van der Waals surface area contributed by atoms with Gasteiger partial charge in [-0.15, -0.1) is 0 Å². The van der Waals surface area contributed by atoms with Crippen molar-refractivity contribution in [3.8, 4) is 5.75 Å². The van der Waals surface area contributed by atoms with E-state index in [0.29, 0.717) is 15.9 Å². The molecule has 0 bridgehead atoms. The van der Waals surface area contributed by atoms with E-state index in [9.17, 15) is 40.7 Å². The minimum absolute atomic E-state index is 0.000759. The lowest BCUT2D eigenvalue weighted by molar-refractivity contribution is -0.125. The number of hydrogen-bond acceptors (Lipinski definition) is 7. The molecule has 15 heteroatoms. The number of sulfonamides is 1. The number of pyridine rings is 1. The zero-order chi connectivity index (χ0) is 32.6. The second kappa shape index (κ2) is 12.7. The monoisotopic (exact) mass is 650 g/mol. The molecule has 0 spiro atoms. The van der Waals surface area contributed by atoms with Crippen LogP contribution in [0.4, 0.5) is 23.2 Å². The predicted octanol–water partition coefficient (Wildman–Crippen LogP) is 4.82. The average molecular weight is 651 g/mol. The highest BCUT2D eigenvalue weighted by Crippen LogP contribution is 2.36. The van der Waals surface area contributed by atoms with Crippen molar-refractivity contribution in [2.24, 2.45) is 0 Å². The number of halogens is 4. The molecule has 1 saturated heterocycles. The number of amides is 2. The topological polar surface area (TPSA) is 140 Å². The van der Waals surface area contributed by atoms with E-state index in [4.69, 9.17) is 5.21 Å². The molecule has 1 aromatic heterocycles. The van der Waals surface area contributed by atoms with Gasteiger partial charge in [0.15, 0.2) is 28.2 Å². The van der Waals surface area contributed by atoms with Gasteiger partial charge in [-0.1, -0.05) is 25.3 Å². The molecular weight excluding hydrogens is 620 g/mol. The number of anilines is 1. The van der Waals surface area contributed by atoms with Crippen LogP contribution in [0.25, 0.3) is 0 Å². The van der Waals surface area contributed by atoms with Gasteiger partial charge in [-0.3, -0.25) is 19.8 Å². The highest BCUT2D eigenvalue weighted by molar-refractivity contribution is 7.89. The Hall–Kier alpha value is -4.08. The van der Waals surface area contributed by atoms with Crippen LogP contribution in [0.2, 0.25) is 0 Å². The minimum atomic E-state index is -5.25. The fourth-order valence-electron chi connectivity index (χ4n) is 5.75. The highest BCUT2D eigenvalue weighted by Gasteiger charge is 2.47. The summed E-state index contributed by atoms with van der Waals surface area (Å²) in [5.74, 6) is -10.1. The van der Waals surface area contributed by atoms with Crippen molar-refractivity contribution < 1.29 is 45.9 Å². The van der Waals surface area contributed by atoms with E-state index in [1.807, 2.05) is 6.07 Å². The van der Waals surface area contributed by atoms with Crippen LogP contribution in [0, 0.1) is 30.2 Å². The molecule has 3 aromatic rings. The number of rotatable bonds is 8. The molecule has 0 radical (unpaired) electrons. The molecule has 1 saturated carbocycles. The van der Waals surface area contributed by atoms with Crippen LogP contribution in [-0.2, 0) is 21.4 Å². The fraction of sp³-hybridized carbons (Fsp3) is 0.367. The van der Waals surface area contributed by atoms with Crippen molar-refractivity contribution in [1.29, 1.82) is 0 Å². The molecule has 10 nitrogen and oxygen atoms in total. The SMILES string of the molecule is Cc1c(F)c(F)c(S(=O)(=O)N2CC[C@@H]2C(=O)N(Cc2ccc(C3CCCCC3)cn2)c2ccc(C(=O)NO)c(O)c2)c(F)c1F. The number of phenolic OH excluding ortho intramolecular Hbond substituents is 1. The quantitative estimate of drug-likeness (QED) is 0.138. The van der Waals surface area contributed by atoms with E-state index in [1.165, 1.54) is 18.0 Å². The first-order valence-corrected chi connectivity index (χ1v) is 15.7. The number of carbonyl (C=O) groups is 2. The fourth-order valence-corrected chi connectivity index (χ4v) is 7.49. The average Bonchev–Trinajstić information content (AvgIpc) is 3.01. The molecule has 1 aliphatic carbocycles. The van der Waals surface area contributed by atoms with Crippen LogP contribution < -0.4 is 10.4 Å². The zero-order valence-corrected chi connectivity index (χ0v) is 24.9. The Morgan fingerprint density at radius 1 is 1.00 bits per heavy atom. The lowest BCUT2D eigenvalue weighted by atomic mass is 9.85. The number of hydrogen-bond donors (Lipinski definition) is 3. The Kier molecular flexibility index (Phi) is 9.14. The highest BCUT2D eigenvalue weighted by atomic mass is 32.2. The van der Waals surface area contributed by atoms with Crippen LogP contribution in [0.15, 0.2) is 41.4 Å². The third kappa shape index (κ3) is 5.99. The number of nitrogens with zero attached hydrogens (tertiary/aromatic N) is 3. The predicted molar refractivity (Wildman–Crippen MR) is 152 cm³/mol. The molecule has 5 rings (SSSR count). The molecule has 3 N–H and O–H groups in total. The van der Waals surface area contributed by atoms with Gasteiger partial charge in [0, 0.05) is 30.1 Å². The number of phenols is 1. The first-order valence-electron chi connectivity index (χ1n) is 14.2. The van der Waals surface area contributed by atoms with Gasteiger partial charge < -0.3 is 10.0 Å². The largest absolute Gasteiger partial charge is 0.507 e. The van der Waals surface area contributed by atoms with Crippen molar-refractivity contribution in [2.75, 3.05) is 11.4 Å². The second-order valence-corrected chi connectivity index (χ2v) is 12.9. The Morgan fingerprint density at radius 2 is 1.67 bits per heavy atom. The molecule has 1 atom stereocenters. The summed E-state index contributed by atoms with van der Waals surface area (Å²) in [6.45, 7) is 0.134. The summed E-state index contributed by atoms with van der Waals surface area (Å²) in [4.78, 5) is 29.5. The summed E-state index contributed by atoms with van der Waals surface area (Å²) in [6.07, 6.45) is 7.05. The lowest BCUT2D eigenvalue weighted by Crippen LogP contribution is -2.59. The van der Waals surface area contributed by atoms with Gasteiger partial charge >= 0.3 is 0 Å². The number of carbonyl (C=O) groups excluding carboxylic acids is 2. The lowest BCUT2D eigenvalue weighted by Gasteiger charge is -2.41. The maximum Gasteiger partial charge on any atom is 0.278 e. The van der Waals surface area contributed by atoms with Crippen molar-refractivity contribution >= 4 is 27.5 Å². The van der Waals surface area contributed by atoms with Crippen molar-refractivity contribution in [1.82, 2.24) is 14.8 Å². The first-order chi connectivity index (χ1) is 21.4. The van der Waals surface area contributed by atoms with Gasteiger partial charge in [0.05, 0.1) is 17.8 Å². The van der Waals surface area contributed by atoms with E-state index in [1.54, 1.807) is 12.3 Å². The molecule has 240 valence electrons. The van der Waals surface area contributed by atoms with Crippen LogP contribution in [-0.4, -0.2) is 52.4 Å². The van der Waals surface area contributed by atoms with E-state index in [0.717, 1.165) is 55.2 Å². The van der Waals surface area contributed by atoms with E-state index < -0.39 is 67.4 Å². The molecule has 0 unspecified atom stereocenters. The van der Waals surface area contributed by atoms with Crippen LogP contribution in [0.1, 0.15) is 71.6 Å². The Balaban J connectivity index is 1.49. The number of aromatic hydroxyl groups is 1. The van der Waals surface area contributed by atoms with Crippen LogP contribution in [0.3, 0.4) is 0 Å². The van der Waals surface area contributed by atoms with E-state index in [2.05, 4.69) is 4.98 Å².